The van der Waals surface area contributed by atoms with E-state index in [0.29, 0.717) is 34.2 Å². The van der Waals surface area contributed by atoms with Crippen LogP contribution in [0.1, 0.15) is 22.8 Å². The number of hydrogen-bond donors (Lipinski definition) is 2. The van der Waals surface area contributed by atoms with Gasteiger partial charge in [-0.3, -0.25) is 9.59 Å². The molecule has 2 aromatic carbocycles. The molecule has 0 bridgehead atoms. The molecule has 7 nitrogen and oxygen atoms in total. The van der Waals surface area contributed by atoms with Crippen LogP contribution >= 0.6 is 0 Å². The van der Waals surface area contributed by atoms with Crippen LogP contribution in [0.5, 0.6) is 17.2 Å². The molecule has 0 saturated heterocycles. The van der Waals surface area contributed by atoms with Gasteiger partial charge in [-0.2, -0.15) is 0 Å². The van der Waals surface area contributed by atoms with Gasteiger partial charge < -0.3 is 24.8 Å². The van der Waals surface area contributed by atoms with Gasteiger partial charge in [-0.15, -0.1) is 0 Å². The number of carbonyl (C=O) groups excluding carboxylic acids is 2. The number of rotatable bonds is 4. The molecular weight excluding hydrogens is 336 g/mol. The molecule has 3 rings (SSSR count). The highest BCUT2D eigenvalue weighted by molar-refractivity contribution is 6.06. The fraction of sp³-hybridized carbons (Fsp3) is 0.263. The van der Waals surface area contributed by atoms with E-state index in [0.717, 1.165) is 5.56 Å². The summed E-state index contributed by atoms with van der Waals surface area (Å²) in [5.41, 5.74) is 2.26. The van der Waals surface area contributed by atoms with Crippen LogP contribution in [0, 0.1) is 6.92 Å². The summed E-state index contributed by atoms with van der Waals surface area (Å²) in [6.45, 7) is 3.53. The normalized spacial score (nSPS) is 15.4. The van der Waals surface area contributed by atoms with E-state index < -0.39 is 6.10 Å². The first-order valence-corrected chi connectivity index (χ1v) is 8.08. The minimum atomic E-state index is -0.546. The third-order valence-electron chi connectivity index (χ3n) is 4.18. The third-order valence-corrected chi connectivity index (χ3v) is 4.18. The maximum atomic E-state index is 12.6. The summed E-state index contributed by atoms with van der Waals surface area (Å²) in [4.78, 5) is 24.3. The summed E-state index contributed by atoms with van der Waals surface area (Å²) in [7, 11) is 3.08. The number of amides is 2. The molecule has 26 heavy (non-hydrogen) atoms. The van der Waals surface area contributed by atoms with Gasteiger partial charge in [-0.1, -0.05) is 0 Å². The average molecular weight is 356 g/mol. The second kappa shape index (κ2) is 6.95. The van der Waals surface area contributed by atoms with Gasteiger partial charge in [0.2, 0.25) is 0 Å². The molecule has 0 aliphatic carbocycles. The fourth-order valence-electron chi connectivity index (χ4n) is 2.71. The largest absolute Gasteiger partial charge is 0.496 e. The zero-order valence-corrected chi connectivity index (χ0v) is 15.0. The second-order valence-electron chi connectivity index (χ2n) is 5.92. The maximum Gasteiger partial charge on any atom is 0.265 e. The molecule has 0 saturated carbocycles. The van der Waals surface area contributed by atoms with E-state index in [-0.39, 0.29) is 11.8 Å². The van der Waals surface area contributed by atoms with Crippen LogP contribution in [-0.4, -0.2) is 32.1 Å². The number of benzene rings is 2. The van der Waals surface area contributed by atoms with E-state index in [1.165, 1.54) is 14.2 Å². The van der Waals surface area contributed by atoms with Gasteiger partial charge in [-0.05, 0) is 44.2 Å². The zero-order chi connectivity index (χ0) is 18.8. The van der Waals surface area contributed by atoms with Crippen LogP contribution in [0.15, 0.2) is 30.3 Å². The number of methoxy groups -OCH3 is 2. The Bertz CT molecular complexity index is 853. The minimum absolute atomic E-state index is 0.228. The second-order valence-corrected chi connectivity index (χ2v) is 5.92. The lowest BCUT2D eigenvalue weighted by atomic mass is 10.1. The zero-order valence-electron chi connectivity index (χ0n) is 15.0. The van der Waals surface area contributed by atoms with Gasteiger partial charge in [-0.25, -0.2) is 0 Å². The fourth-order valence-corrected chi connectivity index (χ4v) is 2.71. The molecule has 136 valence electrons. The predicted octanol–water partition coefficient (Wildman–Crippen LogP) is 2.98. The summed E-state index contributed by atoms with van der Waals surface area (Å²) in [6.07, 6.45) is -0.546. The van der Waals surface area contributed by atoms with Gasteiger partial charge in [0.1, 0.15) is 17.2 Å². The van der Waals surface area contributed by atoms with Gasteiger partial charge in [0.05, 0.1) is 19.9 Å². The van der Waals surface area contributed by atoms with Crippen molar-refractivity contribution in [2.75, 3.05) is 24.9 Å². The van der Waals surface area contributed by atoms with Crippen molar-refractivity contribution in [2.24, 2.45) is 0 Å². The molecule has 0 aromatic heterocycles. The Morgan fingerprint density at radius 2 is 1.81 bits per heavy atom. The number of hydrogen-bond acceptors (Lipinski definition) is 5. The Kier molecular flexibility index (Phi) is 4.71. The quantitative estimate of drug-likeness (QED) is 0.880. The van der Waals surface area contributed by atoms with Crippen molar-refractivity contribution in [3.63, 3.8) is 0 Å². The van der Waals surface area contributed by atoms with E-state index >= 15 is 0 Å². The van der Waals surface area contributed by atoms with Crippen molar-refractivity contribution in [2.45, 2.75) is 20.0 Å². The van der Waals surface area contributed by atoms with E-state index in [9.17, 15) is 9.59 Å². The van der Waals surface area contributed by atoms with Crippen molar-refractivity contribution in [3.05, 3.63) is 41.5 Å². The first-order chi connectivity index (χ1) is 12.4. The molecule has 1 aliphatic rings. The molecule has 0 radical (unpaired) electrons. The Balaban J connectivity index is 1.85. The number of carbonyl (C=O) groups is 2. The molecule has 1 heterocycles. The summed E-state index contributed by atoms with van der Waals surface area (Å²) in [6, 6.07) is 8.37. The molecule has 7 heteroatoms. The van der Waals surface area contributed by atoms with Crippen LogP contribution < -0.4 is 24.8 Å². The Labute approximate surface area is 151 Å². The van der Waals surface area contributed by atoms with Crippen molar-refractivity contribution in [1.29, 1.82) is 0 Å². The molecule has 2 aromatic rings. The Hall–Kier alpha value is -3.22. The monoisotopic (exact) mass is 356 g/mol. The summed E-state index contributed by atoms with van der Waals surface area (Å²) in [5, 5.41) is 5.55. The van der Waals surface area contributed by atoms with Gasteiger partial charge in [0.25, 0.3) is 11.8 Å². The first-order valence-electron chi connectivity index (χ1n) is 8.08. The van der Waals surface area contributed by atoms with Crippen molar-refractivity contribution in [1.82, 2.24) is 0 Å². The molecule has 0 spiro atoms. The molecule has 1 unspecified atom stereocenters. The van der Waals surface area contributed by atoms with Crippen molar-refractivity contribution >= 4 is 23.2 Å². The summed E-state index contributed by atoms with van der Waals surface area (Å²) in [5.74, 6) is 1.14. The molecule has 0 fully saturated rings. The first kappa shape index (κ1) is 17.6. The average Bonchev–Trinajstić information content (AvgIpc) is 2.63. The lowest BCUT2D eigenvalue weighted by molar-refractivity contribution is -0.122. The highest BCUT2D eigenvalue weighted by Gasteiger charge is 2.24. The predicted molar refractivity (Wildman–Crippen MR) is 97.4 cm³/mol. The van der Waals surface area contributed by atoms with Crippen LogP contribution in [0.25, 0.3) is 0 Å². The number of nitrogens with one attached hydrogen (secondary N) is 2. The minimum Gasteiger partial charge on any atom is -0.496 e. The summed E-state index contributed by atoms with van der Waals surface area (Å²) >= 11 is 0. The SMILES string of the molecule is COc1cc(C(=O)Nc2ccc3c(c2)NC(=O)C(C)O3)cc(OC)c1C. The maximum absolute atomic E-state index is 12.6. The number of ether oxygens (including phenoxy) is 3. The van der Waals surface area contributed by atoms with E-state index in [2.05, 4.69) is 10.6 Å². The van der Waals surface area contributed by atoms with Gasteiger partial charge >= 0.3 is 0 Å². The van der Waals surface area contributed by atoms with Crippen molar-refractivity contribution in [3.8, 4) is 17.2 Å². The van der Waals surface area contributed by atoms with Gasteiger partial charge in [0, 0.05) is 16.8 Å². The highest BCUT2D eigenvalue weighted by atomic mass is 16.5. The summed E-state index contributed by atoms with van der Waals surface area (Å²) < 4.78 is 16.1. The van der Waals surface area contributed by atoms with Gasteiger partial charge in [0.15, 0.2) is 6.10 Å². The van der Waals surface area contributed by atoms with E-state index in [4.69, 9.17) is 14.2 Å². The smallest absolute Gasteiger partial charge is 0.265 e. The molecule has 1 aliphatic heterocycles. The number of anilines is 2. The Morgan fingerprint density at radius 3 is 2.42 bits per heavy atom. The molecule has 2 N–H and O–H groups in total. The Morgan fingerprint density at radius 1 is 1.15 bits per heavy atom. The van der Waals surface area contributed by atoms with Crippen LogP contribution in [0.4, 0.5) is 11.4 Å². The van der Waals surface area contributed by atoms with E-state index in [1.54, 1.807) is 37.3 Å². The molecule has 2 amide bonds. The standard InChI is InChI=1S/C19H20N2O5/c1-10-16(24-3)7-12(8-17(10)25-4)19(23)20-13-5-6-15-14(9-13)21-18(22)11(2)26-15/h5-9,11H,1-4H3,(H,20,23)(H,21,22). The van der Waals surface area contributed by atoms with E-state index in [1.807, 2.05) is 6.92 Å². The van der Waals surface area contributed by atoms with Crippen LogP contribution in [0.2, 0.25) is 0 Å². The van der Waals surface area contributed by atoms with Crippen LogP contribution in [-0.2, 0) is 4.79 Å². The van der Waals surface area contributed by atoms with Crippen molar-refractivity contribution < 1.29 is 23.8 Å². The molecular formula is C19H20N2O5. The lowest BCUT2D eigenvalue weighted by Gasteiger charge is -2.23. The molecule has 1 atom stereocenters. The highest BCUT2D eigenvalue weighted by Crippen LogP contribution is 2.33. The third kappa shape index (κ3) is 3.28. The van der Waals surface area contributed by atoms with Crippen LogP contribution in [0.3, 0.4) is 0 Å². The topological polar surface area (TPSA) is 85.9 Å². The number of fused-ring (bicyclic) bond motifs is 1. The lowest BCUT2D eigenvalue weighted by Crippen LogP contribution is -2.34.